The molecule has 18 heavy (non-hydrogen) atoms. The Labute approximate surface area is 103 Å². The summed E-state index contributed by atoms with van der Waals surface area (Å²) in [5.74, 6) is -0.172. The summed E-state index contributed by atoms with van der Waals surface area (Å²) >= 11 is 0. The van der Waals surface area contributed by atoms with Crippen LogP contribution >= 0.6 is 0 Å². The molecule has 2 rings (SSSR count). The van der Waals surface area contributed by atoms with Gasteiger partial charge >= 0.3 is 5.69 Å². The molecule has 1 saturated heterocycles. The average Bonchev–Trinajstić information content (AvgIpc) is 2.32. The van der Waals surface area contributed by atoms with E-state index in [0.29, 0.717) is 5.56 Å². The number of benzene rings is 1. The molecule has 7 heteroatoms. The molecule has 96 valence electrons. The molecule has 0 radical (unpaired) electrons. The van der Waals surface area contributed by atoms with Gasteiger partial charge in [0.1, 0.15) is 0 Å². The fourth-order valence-electron chi connectivity index (χ4n) is 1.63. The monoisotopic (exact) mass is 251 g/mol. The molecular formula is C11H13N3O4. The summed E-state index contributed by atoms with van der Waals surface area (Å²) in [6.45, 7) is 1.49. The summed E-state index contributed by atoms with van der Waals surface area (Å²) in [5.41, 5.74) is 0.198. The minimum atomic E-state index is -0.545. The molecule has 0 saturated carbocycles. The maximum Gasteiger partial charge on any atom is 0.310 e. The van der Waals surface area contributed by atoms with Gasteiger partial charge in [-0.1, -0.05) is 0 Å². The normalized spacial score (nSPS) is 14.7. The molecule has 0 bridgehead atoms. The third-order valence-corrected chi connectivity index (χ3v) is 2.76. The van der Waals surface area contributed by atoms with Crippen LogP contribution in [0.5, 0.6) is 5.75 Å². The lowest BCUT2D eigenvalue weighted by Gasteiger charge is -2.27. The summed E-state index contributed by atoms with van der Waals surface area (Å²) in [4.78, 5) is 22.0. The summed E-state index contributed by atoms with van der Waals surface area (Å²) in [6.07, 6.45) is 0. The van der Waals surface area contributed by atoms with Crippen LogP contribution in [0.2, 0.25) is 0 Å². The Hall–Kier alpha value is -2.15. The molecule has 1 aromatic rings. The van der Waals surface area contributed by atoms with E-state index in [1.165, 1.54) is 25.3 Å². The van der Waals surface area contributed by atoms with E-state index in [4.69, 9.17) is 4.74 Å². The van der Waals surface area contributed by atoms with Gasteiger partial charge < -0.3 is 15.4 Å². The highest BCUT2D eigenvalue weighted by Crippen LogP contribution is 2.27. The first-order valence-electron chi connectivity index (χ1n) is 5.46. The van der Waals surface area contributed by atoms with Crippen molar-refractivity contribution < 1.29 is 14.5 Å². The van der Waals surface area contributed by atoms with Crippen LogP contribution in [-0.4, -0.2) is 37.1 Å². The SMILES string of the molecule is COc1cc(C(=O)NC2CNC2)ccc1[N+](=O)[O-]. The smallest absolute Gasteiger partial charge is 0.310 e. The Morgan fingerprint density at radius 2 is 2.28 bits per heavy atom. The first-order valence-corrected chi connectivity index (χ1v) is 5.46. The van der Waals surface area contributed by atoms with Crippen molar-refractivity contribution in [1.82, 2.24) is 10.6 Å². The Morgan fingerprint density at radius 3 is 2.78 bits per heavy atom. The van der Waals surface area contributed by atoms with Crippen molar-refractivity contribution in [1.29, 1.82) is 0 Å². The molecular weight excluding hydrogens is 238 g/mol. The number of carbonyl (C=O) groups excluding carboxylic acids is 1. The lowest BCUT2D eigenvalue weighted by atomic mass is 10.1. The predicted octanol–water partition coefficient (Wildman–Crippen LogP) is 0.305. The molecule has 1 aromatic carbocycles. The lowest BCUT2D eigenvalue weighted by molar-refractivity contribution is -0.385. The quantitative estimate of drug-likeness (QED) is 0.593. The van der Waals surface area contributed by atoms with Gasteiger partial charge in [0, 0.05) is 30.8 Å². The summed E-state index contributed by atoms with van der Waals surface area (Å²) < 4.78 is 4.91. The topological polar surface area (TPSA) is 93.5 Å². The van der Waals surface area contributed by atoms with Crippen molar-refractivity contribution in [3.8, 4) is 5.75 Å². The van der Waals surface area contributed by atoms with Crippen LogP contribution in [0, 0.1) is 10.1 Å². The molecule has 1 aliphatic rings. The van der Waals surface area contributed by atoms with Gasteiger partial charge in [-0.15, -0.1) is 0 Å². The zero-order valence-corrected chi connectivity index (χ0v) is 9.80. The Kier molecular flexibility index (Phi) is 3.42. The Morgan fingerprint density at radius 1 is 1.56 bits per heavy atom. The number of ether oxygens (including phenoxy) is 1. The average molecular weight is 251 g/mol. The van der Waals surface area contributed by atoms with E-state index in [1.54, 1.807) is 0 Å². The first-order chi connectivity index (χ1) is 8.61. The zero-order chi connectivity index (χ0) is 13.1. The molecule has 1 fully saturated rings. The fourth-order valence-corrected chi connectivity index (χ4v) is 1.63. The van der Waals surface area contributed by atoms with Gasteiger partial charge in [-0.2, -0.15) is 0 Å². The number of nitro benzene ring substituents is 1. The molecule has 0 spiro atoms. The second kappa shape index (κ2) is 5.01. The standard InChI is InChI=1S/C11H13N3O4/c1-18-10-4-7(2-3-9(10)14(16)17)11(15)13-8-5-12-6-8/h2-4,8,12H,5-6H2,1H3,(H,13,15). The molecule has 0 aliphatic carbocycles. The van der Waals surface area contributed by atoms with Gasteiger partial charge in [-0.3, -0.25) is 14.9 Å². The van der Waals surface area contributed by atoms with Gasteiger partial charge in [0.25, 0.3) is 5.91 Å². The molecule has 0 unspecified atom stereocenters. The van der Waals surface area contributed by atoms with Crippen LogP contribution in [0.25, 0.3) is 0 Å². The highest BCUT2D eigenvalue weighted by atomic mass is 16.6. The number of methoxy groups -OCH3 is 1. The number of nitro groups is 1. The number of nitrogens with zero attached hydrogens (tertiary/aromatic N) is 1. The van der Waals surface area contributed by atoms with Crippen molar-refractivity contribution in [2.24, 2.45) is 0 Å². The molecule has 1 aliphatic heterocycles. The number of amides is 1. The fraction of sp³-hybridized carbons (Fsp3) is 0.364. The van der Waals surface area contributed by atoms with E-state index < -0.39 is 4.92 Å². The Bertz CT molecular complexity index is 485. The predicted molar refractivity (Wildman–Crippen MR) is 63.8 cm³/mol. The summed E-state index contributed by atoms with van der Waals surface area (Å²) in [6, 6.07) is 4.19. The van der Waals surface area contributed by atoms with E-state index in [2.05, 4.69) is 10.6 Å². The van der Waals surface area contributed by atoms with Gasteiger partial charge in [0.15, 0.2) is 5.75 Å². The van der Waals surface area contributed by atoms with Crippen molar-refractivity contribution in [2.45, 2.75) is 6.04 Å². The van der Waals surface area contributed by atoms with Crippen LogP contribution in [0.1, 0.15) is 10.4 Å². The van der Waals surface area contributed by atoms with E-state index >= 15 is 0 Å². The number of nitrogens with one attached hydrogen (secondary N) is 2. The maximum absolute atomic E-state index is 11.8. The van der Waals surface area contributed by atoms with Crippen molar-refractivity contribution >= 4 is 11.6 Å². The molecule has 0 atom stereocenters. The molecule has 7 nitrogen and oxygen atoms in total. The highest BCUT2D eigenvalue weighted by Gasteiger charge is 2.21. The number of carbonyl (C=O) groups is 1. The van der Waals surface area contributed by atoms with E-state index in [1.807, 2.05) is 0 Å². The van der Waals surface area contributed by atoms with Gasteiger partial charge in [-0.05, 0) is 6.07 Å². The van der Waals surface area contributed by atoms with Crippen LogP contribution in [-0.2, 0) is 0 Å². The van der Waals surface area contributed by atoms with Gasteiger partial charge in [0.05, 0.1) is 18.1 Å². The van der Waals surface area contributed by atoms with Crippen molar-refractivity contribution in [3.05, 3.63) is 33.9 Å². The summed E-state index contributed by atoms with van der Waals surface area (Å²) in [5, 5.41) is 16.6. The van der Waals surface area contributed by atoms with E-state index in [-0.39, 0.29) is 23.4 Å². The molecule has 1 heterocycles. The Balaban J connectivity index is 2.17. The van der Waals surface area contributed by atoms with E-state index in [0.717, 1.165) is 13.1 Å². The number of hydrogen-bond acceptors (Lipinski definition) is 5. The number of rotatable bonds is 4. The van der Waals surface area contributed by atoms with Gasteiger partial charge in [0.2, 0.25) is 0 Å². The molecule has 0 aromatic heterocycles. The highest BCUT2D eigenvalue weighted by molar-refractivity contribution is 5.95. The van der Waals surface area contributed by atoms with E-state index in [9.17, 15) is 14.9 Å². The van der Waals surface area contributed by atoms with Crippen LogP contribution in [0.15, 0.2) is 18.2 Å². The first kappa shape index (κ1) is 12.3. The lowest BCUT2D eigenvalue weighted by Crippen LogP contribution is -2.56. The zero-order valence-electron chi connectivity index (χ0n) is 9.80. The van der Waals surface area contributed by atoms with Crippen LogP contribution in [0.3, 0.4) is 0 Å². The second-order valence-electron chi connectivity index (χ2n) is 3.97. The molecule has 1 amide bonds. The van der Waals surface area contributed by atoms with Crippen LogP contribution in [0.4, 0.5) is 5.69 Å². The summed E-state index contributed by atoms with van der Waals surface area (Å²) in [7, 11) is 1.33. The third-order valence-electron chi connectivity index (χ3n) is 2.76. The minimum absolute atomic E-state index is 0.0828. The largest absolute Gasteiger partial charge is 0.490 e. The van der Waals surface area contributed by atoms with Crippen molar-refractivity contribution in [3.63, 3.8) is 0 Å². The maximum atomic E-state index is 11.8. The van der Waals surface area contributed by atoms with Gasteiger partial charge in [-0.25, -0.2) is 0 Å². The molecule has 2 N–H and O–H groups in total. The third kappa shape index (κ3) is 2.40. The minimum Gasteiger partial charge on any atom is -0.490 e. The van der Waals surface area contributed by atoms with Crippen molar-refractivity contribution in [2.75, 3.05) is 20.2 Å². The van der Waals surface area contributed by atoms with Crippen LogP contribution < -0.4 is 15.4 Å². The number of hydrogen-bond donors (Lipinski definition) is 2. The second-order valence-corrected chi connectivity index (χ2v) is 3.97.